The van der Waals surface area contributed by atoms with Crippen LogP contribution in [0.1, 0.15) is 23.9 Å². The zero-order valence-corrected chi connectivity index (χ0v) is 17.1. The highest BCUT2D eigenvalue weighted by atomic mass is 32.2. The first-order valence-corrected chi connectivity index (χ1v) is 10.1. The highest BCUT2D eigenvalue weighted by Crippen LogP contribution is 2.34. The number of amidine groups is 1. The summed E-state index contributed by atoms with van der Waals surface area (Å²) in [5.74, 6) is -0.749. The second-order valence-corrected chi connectivity index (χ2v) is 8.07. The molecule has 0 saturated carbocycles. The second kappa shape index (κ2) is 8.53. The van der Waals surface area contributed by atoms with E-state index in [0.29, 0.717) is 27.4 Å². The minimum Gasteiger partial charge on any atom is -0.479 e. The number of benzene rings is 1. The van der Waals surface area contributed by atoms with Gasteiger partial charge in [0.15, 0.2) is 11.3 Å². The first-order chi connectivity index (χ1) is 13.4. The van der Waals surface area contributed by atoms with Gasteiger partial charge in [0, 0.05) is 7.05 Å². The fourth-order valence-electron chi connectivity index (χ4n) is 2.37. The lowest BCUT2D eigenvalue weighted by Crippen LogP contribution is -2.25. The van der Waals surface area contributed by atoms with Gasteiger partial charge in [0.25, 0.3) is 5.91 Å². The van der Waals surface area contributed by atoms with Gasteiger partial charge < -0.3 is 9.84 Å². The minimum atomic E-state index is -1.01. The van der Waals surface area contributed by atoms with Crippen LogP contribution >= 0.6 is 23.1 Å². The zero-order chi connectivity index (χ0) is 20.3. The summed E-state index contributed by atoms with van der Waals surface area (Å²) < 4.78 is 5.51. The maximum atomic E-state index is 12.5. The average molecular weight is 419 g/mol. The second-order valence-electron chi connectivity index (χ2n) is 5.90. The van der Waals surface area contributed by atoms with Crippen LogP contribution in [0.4, 0.5) is 5.13 Å². The summed E-state index contributed by atoms with van der Waals surface area (Å²) in [5.41, 5.74) is 0.731. The number of aromatic nitrogens is 2. The van der Waals surface area contributed by atoms with Crippen LogP contribution in [-0.2, 0) is 9.59 Å². The van der Waals surface area contributed by atoms with Gasteiger partial charge in [0.05, 0.1) is 4.91 Å². The third kappa shape index (κ3) is 4.57. The summed E-state index contributed by atoms with van der Waals surface area (Å²) in [7, 11) is 1.65. The Morgan fingerprint density at radius 3 is 2.86 bits per heavy atom. The highest BCUT2D eigenvalue weighted by molar-refractivity contribution is 8.18. The van der Waals surface area contributed by atoms with Crippen molar-refractivity contribution in [2.45, 2.75) is 26.4 Å². The molecule has 1 aliphatic rings. The summed E-state index contributed by atoms with van der Waals surface area (Å²) >= 11 is 2.60. The Hall–Kier alpha value is -2.72. The molecule has 1 fully saturated rings. The molecule has 2 aromatic rings. The van der Waals surface area contributed by atoms with E-state index < -0.39 is 12.1 Å². The Morgan fingerprint density at radius 2 is 2.21 bits per heavy atom. The van der Waals surface area contributed by atoms with E-state index in [-0.39, 0.29) is 5.91 Å². The quantitative estimate of drug-likeness (QED) is 0.718. The monoisotopic (exact) mass is 418 g/mol. The number of thioether (sulfide) groups is 1. The Kier molecular flexibility index (Phi) is 6.10. The van der Waals surface area contributed by atoms with Gasteiger partial charge in [-0.05, 0) is 48.9 Å². The van der Waals surface area contributed by atoms with Crippen molar-refractivity contribution in [2.24, 2.45) is 4.99 Å². The molecule has 1 saturated heterocycles. The van der Waals surface area contributed by atoms with Crippen LogP contribution in [0.15, 0.2) is 34.2 Å². The Morgan fingerprint density at radius 1 is 1.43 bits per heavy atom. The van der Waals surface area contributed by atoms with Gasteiger partial charge in [0.2, 0.25) is 5.13 Å². The molecule has 28 heavy (non-hydrogen) atoms. The first kappa shape index (κ1) is 20.0. The van der Waals surface area contributed by atoms with Crippen LogP contribution in [-0.4, -0.2) is 50.4 Å². The summed E-state index contributed by atoms with van der Waals surface area (Å²) in [6.07, 6.45) is 1.17. The molecule has 1 N–H and O–H groups in total. The average Bonchev–Trinajstić information content (AvgIpc) is 3.18. The molecule has 0 bridgehead atoms. The number of likely N-dealkylation sites (N-methyl/N-ethyl adjacent to an activating group) is 1. The van der Waals surface area contributed by atoms with Crippen LogP contribution in [0.5, 0.6) is 5.75 Å². The summed E-state index contributed by atoms with van der Waals surface area (Å²) in [5, 5.41) is 18.8. The van der Waals surface area contributed by atoms with Crippen molar-refractivity contribution < 1.29 is 19.4 Å². The van der Waals surface area contributed by atoms with Crippen molar-refractivity contribution in [2.75, 3.05) is 7.05 Å². The third-order valence-corrected chi connectivity index (χ3v) is 5.58. The van der Waals surface area contributed by atoms with Crippen molar-refractivity contribution >= 4 is 51.4 Å². The summed E-state index contributed by atoms with van der Waals surface area (Å²) in [6.45, 7) is 3.58. The summed E-state index contributed by atoms with van der Waals surface area (Å²) in [4.78, 5) is 30.0. The number of hydrogen-bond acceptors (Lipinski definition) is 8. The van der Waals surface area contributed by atoms with E-state index in [1.807, 2.05) is 13.0 Å². The molecule has 0 spiro atoms. The van der Waals surface area contributed by atoms with Crippen molar-refractivity contribution in [3.8, 4) is 5.75 Å². The van der Waals surface area contributed by atoms with Gasteiger partial charge in [-0.2, -0.15) is 4.99 Å². The van der Waals surface area contributed by atoms with Crippen molar-refractivity contribution in [1.29, 1.82) is 0 Å². The van der Waals surface area contributed by atoms with E-state index >= 15 is 0 Å². The highest BCUT2D eigenvalue weighted by Gasteiger charge is 2.30. The molecule has 0 aliphatic carbocycles. The predicted molar refractivity (Wildman–Crippen MR) is 109 cm³/mol. The largest absolute Gasteiger partial charge is 0.479 e. The van der Waals surface area contributed by atoms with E-state index in [4.69, 9.17) is 9.84 Å². The van der Waals surface area contributed by atoms with Gasteiger partial charge in [0.1, 0.15) is 10.8 Å². The lowest BCUT2D eigenvalue weighted by molar-refractivity contribution is -0.145. The number of amides is 1. The molecule has 8 nitrogen and oxygen atoms in total. The number of nitrogens with zero attached hydrogens (tertiary/aromatic N) is 4. The van der Waals surface area contributed by atoms with Crippen LogP contribution < -0.4 is 4.74 Å². The van der Waals surface area contributed by atoms with E-state index in [2.05, 4.69) is 15.2 Å². The molecular weight excluding hydrogens is 400 g/mol. The number of carboxylic acid groups (broad SMARTS) is 1. The van der Waals surface area contributed by atoms with Gasteiger partial charge >= 0.3 is 5.97 Å². The van der Waals surface area contributed by atoms with E-state index in [0.717, 1.165) is 10.6 Å². The zero-order valence-electron chi connectivity index (χ0n) is 15.4. The number of rotatable bonds is 6. The molecule has 1 unspecified atom stereocenters. The van der Waals surface area contributed by atoms with Crippen molar-refractivity contribution in [3.05, 3.63) is 39.7 Å². The molecule has 0 radical (unpaired) electrons. The van der Waals surface area contributed by atoms with Crippen LogP contribution in [0.3, 0.4) is 0 Å². The fraction of sp³-hybridized carbons (Fsp3) is 0.278. The number of carboxylic acids is 1. The number of carbonyl (C=O) groups excluding carboxylic acids is 1. The molecule has 1 aromatic heterocycles. The van der Waals surface area contributed by atoms with Gasteiger partial charge in [-0.1, -0.05) is 30.4 Å². The minimum absolute atomic E-state index is 0.173. The Balaban J connectivity index is 1.81. The molecule has 1 aromatic carbocycles. The number of hydrogen-bond donors (Lipinski definition) is 1. The molecule has 10 heteroatoms. The topological polar surface area (TPSA) is 105 Å². The Labute approximate surface area is 169 Å². The van der Waals surface area contributed by atoms with E-state index in [9.17, 15) is 9.59 Å². The molecule has 1 amide bonds. The third-order valence-electron chi connectivity index (χ3n) is 3.79. The number of aryl methyl sites for hydroxylation is 1. The molecule has 3 rings (SSSR count). The predicted octanol–water partition coefficient (Wildman–Crippen LogP) is 3.32. The number of aliphatic imine (C=N–C) groups is 1. The molecule has 1 atom stereocenters. The lowest BCUT2D eigenvalue weighted by atomic mass is 10.2. The first-order valence-electron chi connectivity index (χ1n) is 8.43. The number of aliphatic carboxylic acids is 1. The molecular formula is C18H18N4O4S2. The smallest absolute Gasteiger partial charge is 0.344 e. The molecule has 1 aliphatic heterocycles. The standard InChI is InChI=1S/C18H18N4O4S2/c1-4-13(16(24)25)26-12-7-5-6-11(8-12)9-14-15(23)22(3)18(28-14)19-17-21-20-10(2)27-17/h5-9,13H,4H2,1-3H3,(H,24,25)/b14-9+,19-18+. The SMILES string of the molecule is CCC(Oc1cccc(/C=C2/S/C(=N/c3nnc(C)s3)N(C)C2=O)c1)C(=O)O. The van der Waals surface area contributed by atoms with Crippen LogP contribution in [0.2, 0.25) is 0 Å². The van der Waals surface area contributed by atoms with Crippen LogP contribution in [0, 0.1) is 6.92 Å². The summed E-state index contributed by atoms with van der Waals surface area (Å²) in [6, 6.07) is 6.96. The number of ether oxygens (including phenoxy) is 1. The van der Waals surface area contributed by atoms with Crippen molar-refractivity contribution in [1.82, 2.24) is 15.1 Å². The normalized spacial score (nSPS) is 18.1. The van der Waals surface area contributed by atoms with Crippen molar-refractivity contribution in [3.63, 3.8) is 0 Å². The molecule has 2 heterocycles. The maximum absolute atomic E-state index is 12.5. The Bertz CT molecular complexity index is 970. The fourth-order valence-corrected chi connectivity index (χ4v) is 3.95. The van der Waals surface area contributed by atoms with Gasteiger partial charge in [-0.3, -0.25) is 9.69 Å². The lowest BCUT2D eigenvalue weighted by Gasteiger charge is -2.13. The molecule has 146 valence electrons. The van der Waals surface area contributed by atoms with E-state index in [1.54, 1.807) is 38.2 Å². The van der Waals surface area contributed by atoms with Gasteiger partial charge in [-0.25, -0.2) is 4.79 Å². The van der Waals surface area contributed by atoms with E-state index in [1.165, 1.54) is 28.0 Å². The van der Waals surface area contributed by atoms with Crippen LogP contribution in [0.25, 0.3) is 6.08 Å². The maximum Gasteiger partial charge on any atom is 0.344 e. The van der Waals surface area contributed by atoms with Gasteiger partial charge in [-0.15, -0.1) is 10.2 Å². The number of carbonyl (C=O) groups is 2.